The summed E-state index contributed by atoms with van der Waals surface area (Å²) in [5, 5.41) is 15.6. The van der Waals surface area contributed by atoms with Gasteiger partial charge in [-0.25, -0.2) is 0 Å². The standard InChI is InChI=1S/C13H18N2OS/c14-11(8-16)7-15-6-5-10-9-17-13-4-2-1-3-12(10)13/h1-4,9,11,15-16H,5-8,14H2. The van der Waals surface area contributed by atoms with Gasteiger partial charge in [0.1, 0.15) is 0 Å². The van der Waals surface area contributed by atoms with Crippen LogP contribution in [-0.2, 0) is 6.42 Å². The fraction of sp³-hybridized carbons (Fsp3) is 0.385. The van der Waals surface area contributed by atoms with Crippen molar-refractivity contribution in [1.82, 2.24) is 5.32 Å². The van der Waals surface area contributed by atoms with Crippen LogP contribution in [0.4, 0.5) is 0 Å². The molecule has 0 saturated carbocycles. The second-order valence-electron chi connectivity index (χ2n) is 4.15. The van der Waals surface area contributed by atoms with Crippen molar-refractivity contribution in [3.8, 4) is 0 Å². The highest BCUT2D eigenvalue weighted by atomic mass is 32.1. The van der Waals surface area contributed by atoms with Crippen LogP contribution in [0.15, 0.2) is 29.6 Å². The van der Waals surface area contributed by atoms with Gasteiger partial charge in [-0.2, -0.15) is 0 Å². The van der Waals surface area contributed by atoms with E-state index >= 15 is 0 Å². The summed E-state index contributed by atoms with van der Waals surface area (Å²) in [5.41, 5.74) is 7.00. The fourth-order valence-corrected chi connectivity index (χ4v) is 2.80. The van der Waals surface area contributed by atoms with Crippen LogP contribution in [0.1, 0.15) is 5.56 Å². The first-order chi connectivity index (χ1) is 8.31. The second-order valence-corrected chi connectivity index (χ2v) is 5.07. The largest absolute Gasteiger partial charge is 0.395 e. The van der Waals surface area contributed by atoms with Crippen molar-refractivity contribution in [2.45, 2.75) is 12.5 Å². The van der Waals surface area contributed by atoms with E-state index < -0.39 is 0 Å². The Kier molecular flexibility index (Phi) is 4.50. The van der Waals surface area contributed by atoms with Gasteiger partial charge in [0.2, 0.25) is 0 Å². The number of aliphatic hydroxyl groups is 1. The fourth-order valence-electron chi connectivity index (χ4n) is 1.80. The minimum atomic E-state index is -0.158. The first-order valence-electron chi connectivity index (χ1n) is 5.83. The number of hydrogen-bond acceptors (Lipinski definition) is 4. The van der Waals surface area contributed by atoms with Gasteiger partial charge in [-0.1, -0.05) is 18.2 Å². The summed E-state index contributed by atoms with van der Waals surface area (Å²) >= 11 is 1.79. The Morgan fingerprint density at radius 1 is 1.35 bits per heavy atom. The molecule has 0 radical (unpaired) electrons. The van der Waals surface area contributed by atoms with E-state index in [1.807, 2.05) is 0 Å². The van der Waals surface area contributed by atoms with E-state index in [0.717, 1.165) is 13.0 Å². The number of rotatable bonds is 6. The number of fused-ring (bicyclic) bond motifs is 1. The van der Waals surface area contributed by atoms with E-state index in [9.17, 15) is 0 Å². The maximum absolute atomic E-state index is 8.80. The van der Waals surface area contributed by atoms with Crippen LogP contribution in [0.5, 0.6) is 0 Å². The van der Waals surface area contributed by atoms with Crippen molar-refractivity contribution >= 4 is 21.4 Å². The van der Waals surface area contributed by atoms with Gasteiger partial charge >= 0.3 is 0 Å². The Morgan fingerprint density at radius 2 is 2.18 bits per heavy atom. The molecule has 0 aliphatic rings. The molecular weight excluding hydrogens is 232 g/mol. The Bertz CT molecular complexity index is 469. The van der Waals surface area contributed by atoms with Crippen LogP contribution >= 0.6 is 11.3 Å². The molecule has 4 heteroatoms. The Labute approximate surface area is 105 Å². The Balaban J connectivity index is 1.87. The molecule has 0 aliphatic carbocycles. The van der Waals surface area contributed by atoms with Gasteiger partial charge in [0.25, 0.3) is 0 Å². The number of thiophene rings is 1. The molecule has 1 aromatic carbocycles. The van der Waals surface area contributed by atoms with Crippen molar-refractivity contribution in [1.29, 1.82) is 0 Å². The summed E-state index contributed by atoms with van der Waals surface area (Å²) in [6.07, 6.45) is 1.00. The topological polar surface area (TPSA) is 58.3 Å². The van der Waals surface area contributed by atoms with Gasteiger partial charge in [0, 0.05) is 17.3 Å². The molecule has 0 aliphatic heterocycles. The van der Waals surface area contributed by atoms with Gasteiger partial charge in [0.15, 0.2) is 0 Å². The molecular formula is C13H18N2OS. The predicted molar refractivity (Wildman–Crippen MR) is 73.5 cm³/mol. The quantitative estimate of drug-likeness (QED) is 0.678. The van der Waals surface area contributed by atoms with E-state index in [4.69, 9.17) is 10.8 Å². The van der Waals surface area contributed by atoms with Gasteiger partial charge in [-0.3, -0.25) is 0 Å². The molecule has 0 saturated heterocycles. The van der Waals surface area contributed by atoms with Crippen molar-refractivity contribution in [2.24, 2.45) is 5.73 Å². The van der Waals surface area contributed by atoms with Crippen molar-refractivity contribution < 1.29 is 5.11 Å². The van der Waals surface area contributed by atoms with Crippen LogP contribution in [0, 0.1) is 0 Å². The molecule has 0 fully saturated rings. The van der Waals surface area contributed by atoms with Crippen LogP contribution in [0.2, 0.25) is 0 Å². The minimum Gasteiger partial charge on any atom is -0.395 e. The number of benzene rings is 1. The summed E-state index contributed by atoms with van der Waals surface area (Å²) in [4.78, 5) is 0. The summed E-state index contributed by atoms with van der Waals surface area (Å²) in [6, 6.07) is 8.31. The molecule has 1 heterocycles. The lowest BCUT2D eigenvalue weighted by Crippen LogP contribution is -2.37. The average molecular weight is 250 g/mol. The Morgan fingerprint density at radius 3 is 3.00 bits per heavy atom. The highest BCUT2D eigenvalue weighted by Gasteiger charge is 2.03. The summed E-state index contributed by atoms with van der Waals surface area (Å²) < 4.78 is 1.34. The lowest BCUT2D eigenvalue weighted by atomic mass is 10.1. The highest BCUT2D eigenvalue weighted by molar-refractivity contribution is 7.17. The minimum absolute atomic E-state index is 0.0361. The summed E-state index contributed by atoms with van der Waals surface area (Å²) in [6.45, 7) is 1.60. The van der Waals surface area contributed by atoms with E-state index in [1.165, 1.54) is 15.6 Å². The first kappa shape index (κ1) is 12.5. The van der Waals surface area contributed by atoms with E-state index in [0.29, 0.717) is 6.54 Å². The smallest absolute Gasteiger partial charge is 0.0594 e. The van der Waals surface area contributed by atoms with Gasteiger partial charge < -0.3 is 16.2 Å². The Hall–Kier alpha value is -0.940. The van der Waals surface area contributed by atoms with Crippen molar-refractivity contribution in [2.75, 3.05) is 19.7 Å². The molecule has 3 nitrogen and oxygen atoms in total. The molecule has 1 atom stereocenters. The zero-order valence-electron chi connectivity index (χ0n) is 9.73. The maximum atomic E-state index is 8.80. The molecule has 92 valence electrons. The molecule has 0 amide bonds. The van der Waals surface area contributed by atoms with Gasteiger partial charge in [-0.15, -0.1) is 11.3 Å². The maximum Gasteiger partial charge on any atom is 0.0594 e. The highest BCUT2D eigenvalue weighted by Crippen LogP contribution is 2.25. The second kappa shape index (κ2) is 6.12. The normalized spacial score (nSPS) is 13.1. The number of hydrogen-bond donors (Lipinski definition) is 3. The third-order valence-electron chi connectivity index (χ3n) is 2.77. The monoisotopic (exact) mass is 250 g/mol. The number of aliphatic hydroxyl groups excluding tert-OH is 1. The molecule has 0 bridgehead atoms. The molecule has 4 N–H and O–H groups in total. The predicted octanol–water partition coefficient (Wildman–Crippen LogP) is 1.35. The van der Waals surface area contributed by atoms with Crippen molar-refractivity contribution in [3.05, 3.63) is 35.2 Å². The first-order valence-corrected chi connectivity index (χ1v) is 6.71. The van der Waals surface area contributed by atoms with Crippen LogP contribution in [0.3, 0.4) is 0 Å². The van der Waals surface area contributed by atoms with Crippen LogP contribution in [-0.4, -0.2) is 30.8 Å². The molecule has 1 aromatic heterocycles. The zero-order chi connectivity index (χ0) is 12.1. The summed E-state index contributed by atoms with van der Waals surface area (Å²) in [7, 11) is 0. The lowest BCUT2D eigenvalue weighted by molar-refractivity contribution is 0.262. The van der Waals surface area contributed by atoms with Gasteiger partial charge in [0.05, 0.1) is 6.61 Å². The van der Waals surface area contributed by atoms with E-state index in [2.05, 4.69) is 35.0 Å². The van der Waals surface area contributed by atoms with E-state index in [-0.39, 0.29) is 12.6 Å². The lowest BCUT2D eigenvalue weighted by Gasteiger charge is -2.09. The summed E-state index contributed by atoms with van der Waals surface area (Å²) in [5.74, 6) is 0. The molecule has 0 spiro atoms. The molecule has 17 heavy (non-hydrogen) atoms. The van der Waals surface area contributed by atoms with Crippen LogP contribution in [0.25, 0.3) is 10.1 Å². The molecule has 1 unspecified atom stereocenters. The SMILES string of the molecule is NC(CO)CNCCc1csc2ccccc12. The molecule has 2 rings (SSSR count). The number of nitrogens with one attached hydrogen (secondary N) is 1. The number of nitrogens with two attached hydrogens (primary N) is 1. The zero-order valence-corrected chi connectivity index (χ0v) is 10.5. The third-order valence-corrected chi connectivity index (χ3v) is 3.79. The molecule has 2 aromatic rings. The average Bonchev–Trinajstić information content (AvgIpc) is 2.78. The van der Waals surface area contributed by atoms with Crippen molar-refractivity contribution in [3.63, 3.8) is 0 Å². The van der Waals surface area contributed by atoms with Crippen LogP contribution < -0.4 is 11.1 Å². The van der Waals surface area contributed by atoms with Gasteiger partial charge in [-0.05, 0) is 35.4 Å². The third kappa shape index (κ3) is 3.26. The van der Waals surface area contributed by atoms with E-state index in [1.54, 1.807) is 11.3 Å².